The molecule has 0 aromatic carbocycles. The Kier molecular flexibility index (Phi) is 17.0. The summed E-state index contributed by atoms with van der Waals surface area (Å²) in [5.74, 6) is 0. The van der Waals surface area contributed by atoms with E-state index in [9.17, 15) is 14.0 Å². The van der Waals surface area contributed by atoms with E-state index < -0.39 is 19.0 Å². The third kappa shape index (κ3) is 11.3. The van der Waals surface area contributed by atoms with E-state index in [1.807, 2.05) is 6.92 Å². The van der Waals surface area contributed by atoms with Gasteiger partial charge < -0.3 is 23.0 Å². The molecule has 10 heteroatoms. The van der Waals surface area contributed by atoms with Crippen LogP contribution in [0, 0.1) is 0 Å². The van der Waals surface area contributed by atoms with Crippen LogP contribution in [0.3, 0.4) is 0 Å². The molecule has 0 aliphatic rings. The Hall–Kier alpha value is 0.880. The van der Waals surface area contributed by atoms with Crippen molar-refractivity contribution in [2.75, 3.05) is 19.8 Å². The average molecular weight is 496 g/mol. The van der Waals surface area contributed by atoms with Gasteiger partial charge in [-0.1, -0.05) is 102 Å². The van der Waals surface area contributed by atoms with Crippen molar-refractivity contribution in [3.63, 3.8) is 0 Å². The van der Waals surface area contributed by atoms with E-state index >= 15 is 0 Å². The van der Waals surface area contributed by atoms with Crippen molar-refractivity contribution in [1.29, 1.82) is 0 Å². The van der Waals surface area contributed by atoms with Crippen LogP contribution in [0.4, 0.5) is 0 Å². The molecule has 0 N–H and O–H groups in total. The monoisotopic (exact) mass is 495 g/mol. The van der Waals surface area contributed by atoms with Gasteiger partial charge in [0.1, 0.15) is 0 Å². The van der Waals surface area contributed by atoms with Crippen LogP contribution in [-0.4, -0.2) is 23.6 Å². The van der Waals surface area contributed by atoms with Gasteiger partial charge in [0.15, 0.2) is 7.60 Å². The fourth-order valence-corrected chi connectivity index (χ4v) is 6.81. The van der Waals surface area contributed by atoms with E-state index in [1.54, 1.807) is 0 Å². The molecule has 0 bridgehead atoms. The summed E-state index contributed by atoms with van der Waals surface area (Å²) in [5.41, 5.74) is 0. The Morgan fingerprint density at radius 1 is 0.655 bits per heavy atom. The number of halogens is 2. The van der Waals surface area contributed by atoms with Gasteiger partial charge in [-0.15, -0.1) is 0 Å². The third-order valence-electron chi connectivity index (χ3n) is 4.44. The molecule has 0 aromatic heterocycles. The van der Waals surface area contributed by atoms with Crippen LogP contribution in [0.2, 0.25) is 0 Å². The predicted molar refractivity (Wildman–Crippen MR) is 120 cm³/mol. The van der Waals surface area contributed by atoms with Gasteiger partial charge in [-0.2, -0.15) is 0 Å². The number of rotatable bonds is 20. The van der Waals surface area contributed by atoms with Crippen LogP contribution in [0.1, 0.15) is 97.8 Å². The number of hydrogen-bond donors (Lipinski definition) is 0. The molecule has 0 aliphatic carbocycles. The zero-order valence-corrected chi connectivity index (χ0v) is 21.5. The maximum atomic E-state index is 13.3. The number of hydrogen-bond acceptors (Lipinski definition) is 6. The molecule has 0 fully saturated rings. The van der Waals surface area contributed by atoms with Gasteiger partial charge in [0.05, 0.1) is 19.8 Å². The van der Waals surface area contributed by atoms with E-state index in [-0.39, 0.29) is 19.8 Å². The van der Waals surface area contributed by atoms with Crippen LogP contribution in [0.25, 0.3) is 0 Å². The van der Waals surface area contributed by atoms with E-state index in [2.05, 4.69) is 13.8 Å². The average Bonchev–Trinajstić information content (AvgIpc) is 2.67. The highest BCUT2D eigenvalue weighted by Gasteiger charge is 2.57. The second kappa shape index (κ2) is 16.5. The first-order valence-electron chi connectivity index (χ1n) is 10.9. The first kappa shape index (κ1) is 29.9. The standard InChI is InChI=1S/C19H40Cl2O6P2/c1-4-7-10-13-16-25-28(22,23)19(20,21)29(24,26-17-14-11-8-5-2)27-18-15-12-9-6-3/h4-18H2,1-3H3,(H,22,23)/p-1. The Morgan fingerprint density at radius 2 is 1.00 bits per heavy atom. The van der Waals surface area contributed by atoms with Crippen molar-refractivity contribution in [2.45, 2.75) is 102 Å². The summed E-state index contributed by atoms with van der Waals surface area (Å²) in [6.45, 7) is 6.25. The molecule has 0 aromatic rings. The van der Waals surface area contributed by atoms with Crippen LogP contribution < -0.4 is 4.89 Å². The maximum absolute atomic E-state index is 13.3. The third-order valence-corrected chi connectivity index (χ3v) is 11.3. The highest BCUT2D eigenvalue weighted by Crippen LogP contribution is 2.78. The van der Waals surface area contributed by atoms with Crippen LogP contribution in [0.5, 0.6) is 0 Å². The Bertz CT molecular complexity index is 487. The molecule has 0 amide bonds. The molecule has 0 spiro atoms. The smallest absolute Gasteiger partial charge is 0.375 e. The SMILES string of the molecule is CCCCCCOP(=O)([O-])C(Cl)(Cl)P(=O)(OCCCCCC)OCCCCCC. The molecule has 0 rings (SSSR count). The summed E-state index contributed by atoms with van der Waals surface area (Å²) in [4.78, 5) is 12.6. The first-order valence-corrected chi connectivity index (χ1v) is 14.7. The number of alkyl halides is 2. The van der Waals surface area contributed by atoms with Gasteiger partial charge in [0.25, 0.3) is 3.82 Å². The molecule has 1 atom stereocenters. The fourth-order valence-electron chi connectivity index (χ4n) is 2.56. The zero-order chi connectivity index (χ0) is 22.2. The minimum Gasteiger partial charge on any atom is -0.776 e. The van der Waals surface area contributed by atoms with Crippen LogP contribution in [-0.2, 0) is 22.7 Å². The minimum atomic E-state index is -4.92. The maximum Gasteiger partial charge on any atom is 0.375 e. The van der Waals surface area contributed by atoms with E-state index in [1.165, 1.54) is 0 Å². The Morgan fingerprint density at radius 3 is 1.34 bits per heavy atom. The fraction of sp³-hybridized carbons (Fsp3) is 1.00. The topological polar surface area (TPSA) is 84.9 Å². The molecular formula is C19H39Cl2O6P2-. The summed E-state index contributed by atoms with van der Waals surface area (Å²) in [6.07, 6.45) is 10.4. The predicted octanol–water partition coefficient (Wildman–Crippen LogP) is 7.61. The molecule has 0 saturated heterocycles. The van der Waals surface area contributed by atoms with Gasteiger partial charge in [-0.25, -0.2) is 0 Å². The second-order valence-electron chi connectivity index (χ2n) is 7.19. The highest BCUT2D eigenvalue weighted by atomic mass is 35.5. The molecule has 0 heterocycles. The normalized spacial score (nSPS) is 14.8. The molecule has 6 nitrogen and oxygen atoms in total. The van der Waals surface area contributed by atoms with Crippen molar-refractivity contribution in [2.24, 2.45) is 0 Å². The summed E-state index contributed by atoms with van der Waals surface area (Å²) in [6, 6.07) is 0. The molecule has 0 saturated carbocycles. The second-order valence-corrected chi connectivity index (χ2v) is 14.0. The lowest BCUT2D eigenvalue weighted by atomic mass is 10.2. The molecule has 0 radical (unpaired) electrons. The van der Waals surface area contributed by atoms with Crippen molar-refractivity contribution in [3.05, 3.63) is 0 Å². The molecule has 176 valence electrons. The van der Waals surface area contributed by atoms with Crippen molar-refractivity contribution in [1.82, 2.24) is 0 Å². The largest absolute Gasteiger partial charge is 0.776 e. The molecule has 1 unspecified atom stereocenters. The van der Waals surface area contributed by atoms with Gasteiger partial charge >= 0.3 is 7.60 Å². The summed E-state index contributed by atoms with van der Waals surface area (Å²) in [5, 5.41) is 0. The quantitative estimate of drug-likeness (QED) is 0.0980. The molecule has 29 heavy (non-hydrogen) atoms. The van der Waals surface area contributed by atoms with Crippen molar-refractivity contribution >= 4 is 38.4 Å². The van der Waals surface area contributed by atoms with Crippen molar-refractivity contribution < 1.29 is 27.6 Å². The lowest BCUT2D eigenvalue weighted by Crippen LogP contribution is -2.26. The Labute approximate surface area is 187 Å². The van der Waals surface area contributed by atoms with Crippen molar-refractivity contribution in [3.8, 4) is 0 Å². The van der Waals surface area contributed by atoms with Gasteiger partial charge in [-0.05, 0) is 19.3 Å². The van der Waals surface area contributed by atoms with E-state index in [4.69, 9.17) is 36.8 Å². The van der Waals surface area contributed by atoms with Gasteiger partial charge in [0.2, 0.25) is 0 Å². The van der Waals surface area contributed by atoms with Crippen LogP contribution in [0.15, 0.2) is 0 Å². The highest BCUT2D eigenvalue weighted by molar-refractivity contribution is 7.79. The summed E-state index contributed by atoms with van der Waals surface area (Å²) >= 11 is 12.2. The summed E-state index contributed by atoms with van der Waals surface area (Å²) in [7, 11) is -9.29. The minimum absolute atomic E-state index is 0.0595. The zero-order valence-electron chi connectivity index (χ0n) is 18.2. The first-order chi connectivity index (χ1) is 13.7. The lowest BCUT2D eigenvalue weighted by molar-refractivity contribution is -0.199. The van der Waals surface area contributed by atoms with Crippen LogP contribution >= 0.6 is 38.4 Å². The Balaban J connectivity index is 5.04. The van der Waals surface area contributed by atoms with E-state index in [0.717, 1.165) is 57.8 Å². The summed E-state index contributed by atoms with van der Waals surface area (Å²) < 4.78 is 38.9. The van der Waals surface area contributed by atoms with E-state index in [0.29, 0.717) is 19.3 Å². The van der Waals surface area contributed by atoms with Gasteiger partial charge in [0, 0.05) is 0 Å². The molecular weight excluding hydrogens is 457 g/mol. The van der Waals surface area contributed by atoms with Gasteiger partial charge in [-0.3, -0.25) is 4.57 Å². The number of unbranched alkanes of at least 4 members (excludes halogenated alkanes) is 9. The molecule has 0 aliphatic heterocycles. The lowest BCUT2D eigenvalue weighted by Gasteiger charge is -2.38.